The monoisotopic (exact) mass is 279 g/mol. The summed E-state index contributed by atoms with van der Waals surface area (Å²) in [5, 5.41) is 0. The van der Waals surface area contributed by atoms with Crippen LogP contribution >= 0.6 is 0 Å². The number of carbonyl (C=O) groups is 2. The van der Waals surface area contributed by atoms with Crippen LogP contribution in [0.25, 0.3) is 0 Å². The molecule has 5 heteroatoms. The number of hydrogen-bond acceptors (Lipinski definition) is 3. The number of aryl methyl sites for hydroxylation is 1. The molecule has 108 valence electrons. The van der Waals surface area contributed by atoms with Gasteiger partial charge in [0.2, 0.25) is 0 Å². The highest BCUT2D eigenvalue weighted by Gasteiger charge is 2.28. The van der Waals surface area contributed by atoms with Gasteiger partial charge in [0.05, 0.1) is 13.0 Å². The molecule has 0 radical (unpaired) electrons. The van der Waals surface area contributed by atoms with E-state index in [1.54, 1.807) is 11.8 Å². The van der Waals surface area contributed by atoms with Gasteiger partial charge in [-0.05, 0) is 43.5 Å². The van der Waals surface area contributed by atoms with Gasteiger partial charge in [-0.3, -0.25) is 9.59 Å². The molecular formula is C15H18FNO3. The predicted molar refractivity (Wildman–Crippen MR) is 71.8 cm³/mol. The second kappa shape index (κ2) is 6.03. The summed E-state index contributed by atoms with van der Waals surface area (Å²) in [7, 11) is 1.38. The Bertz CT molecular complexity index is 522. The minimum Gasteiger partial charge on any atom is -0.469 e. The fourth-order valence-corrected chi connectivity index (χ4v) is 2.52. The summed E-state index contributed by atoms with van der Waals surface area (Å²) in [6, 6.07) is 4.16. The van der Waals surface area contributed by atoms with Crippen molar-refractivity contribution in [3.8, 4) is 0 Å². The van der Waals surface area contributed by atoms with Crippen LogP contribution in [0, 0.1) is 18.7 Å². The fraction of sp³-hybridized carbons (Fsp3) is 0.467. The number of halogens is 1. The highest BCUT2D eigenvalue weighted by atomic mass is 19.1. The summed E-state index contributed by atoms with van der Waals surface area (Å²) in [6.07, 6.45) is 1.22. The minimum absolute atomic E-state index is 0.106. The molecule has 0 unspecified atom stereocenters. The summed E-state index contributed by atoms with van der Waals surface area (Å²) >= 11 is 0. The molecule has 0 aliphatic carbocycles. The van der Waals surface area contributed by atoms with Crippen LogP contribution in [0.4, 0.5) is 4.39 Å². The lowest BCUT2D eigenvalue weighted by Gasteiger charge is -2.31. The molecule has 0 saturated carbocycles. The average Bonchev–Trinajstić information content (AvgIpc) is 2.46. The molecule has 1 aliphatic rings. The highest BCUT2D eigenvalue weighted by Crippen LogP contribution is 2.21. The third-order valence-electron chi connectivity index (χ3n) is 3.74. The largest absolute Gasteiger partial charge is 0.469 e. The maximum Gasteiger partial charge on any atom is 0.308 e. The Balaban J connectivity index is 2.03. The van der Waals surface area contributed by atoms with Gasteiger partial charge in [-0.25, -0.2) is 4.39 Å². The molecule has 0 bridgehead atoms. The van der Waals surface area contributed by atoms with Crippen molar-refractivity contribution in [3.63, 3.8) is 0 Å². The van der Waals surface area contributed by atoms with Gasteiger partial charge in [0.25, 0.3) is 5.91 Å². The van der Waals surface area contributed by atoms with Crippen molar-refractivity contribution in [1.82, 2.24) is 4.90 Å². The summed E-state index contributed by atoms with van der Waals surface area (Å²) in [5.74, 6) is -0.789. The molecule has 0 spiro atoms. The van der Waals surface area contributed by atoms with Gasteiger partial charge in [-0.1, -0.05) is 0 Å². The number of benzene rings is 1. The van der Waals surface area contributed by atoms with Gasteiger partial charge >= 0.3 is 5.97 Å². The Labute approximate surface area is 117 Å². The average molecular weight is 279 g/mol. The molecule has 1 aliphatic heterocycles. The second-order valence-electron chi connectivity index (χ2n) is 5.05. The molecule has 0 aromatic heterocycles. The molecule has 0 atom stereocenters. The molecule has 1 aromatic carbocycles. The van der Waals surface area contributed by atoms with Crippen LogP contribution in [-0.2, 0) is 9.53 Å². The number of esters is 1. The molecule has 1 saturated heterocycles. The van der Waals surface area contributed by atoms with Crippen molar-refractivity contribution >= 4 is 11.9 Å². The zero-order chi connectivity index (χ0) is 14.7. The standard InChI is InChI=1S/C15H18FNO3/c1-10-9-12(16)3-4-13(10)14(18)17-7-5-11(6-8-17)15(19)20-2/h3-4,9,11H,5-8H2,1-2H3. The normalized spacial score (nSPS) is 16.1. The Morgan fingerprint density at radius 2 is 1.95 bits per heavy atom. The number of piperidine rings is 1. The second-order valence-corrected chi connectivity index (χ2v) is 5.05. The van der Waals surface area contributed by atoms with Gasteiger partial charge in [0, 0.05) is 18.7 Å². The van der Waals surface area contributed by atoms with Gasteiger partial charge in [-0.2, -0.15) is 0 Å². The van der Waals surface area contributed by atoms with Crippen molar-refractivity contribution in [3.05, 3.63) is 35.1 Å². The molecule has 20 heavy (non-hydrogen) atoms. The lowest BCUT2D eigenvalue weighted by molar-refractivity contribution is -0.146. The first-order valence-corrected chi connectivity index (χ1v) is 6.66. The molecular weight excluding hydrogens is 261 g/mol. The van der Waals surface area contributed by atoms with E-state index >= 15 is 0 Å². The molecule has 1 heterocycles. The van der Waals surface area contributed by atoms with Crippen molar-refractivity contribution < 1.29 is 18.7 Å². The third kappa shape index (κ3) is 2.98. The minimum atomic E-state index is -0.344. The molecule has 1 aromatic rings. The number of carbonyl (C=O) groups excluding carboxylic acids is 2. The van der Waals surface area contributed by atoms with Crippen LogP contribution in [-0.4, -0.2) is 37.0 Å². The van der Waals surface area contributed by atoms with E-state index in [4.69, 9.17) is 4.74 Å². The lowest BCUT2D eigenvalue weighted by atomic mass is 9.96. The number of hydrogen-bond donors (Lipinski definition) is 0. The first kappa shape index (κ1) is 14.5. The van der Waals surface area contributed by atoms with E-state index in [1.165, 1.54) is 25.3 Å². The predicted octanol–water partition coefficient (Wildman–Crippen LogP) is 2.16. The maximum absolute atomic E-state index is 13.1. The topological polar surface area (TPSA) is 46.6 Å². The zero-order valence-corrected chi connectivity index (χ0v) is 11.7. The van der Waals surface area contributed by atoms with Gasteiger partial charge in [-0.15, -0.1) is 0 Å². The molecule has 0 N–H and O–H groups in total. The fourth-order valence-electron chi connectivity index (χ4n) is 2.52. The summed E-state index contributed by atoms with van der Waals surface area (Å²) in [4.78, 5) is 25.5. The quantitative estimate of drug-likeness (QED) is 0.779. The van der Waals surface area contributed by atoms with E-state index in [0.717, 1.165) is 0 Å². The highest BCUT2D eigenvalue weighted by molar-refractivity contribution is 5.95. The Morgan fingerprint density at radius 1 is 1.30 bits per heavy atom. The molecule has 2 rings (SSSR count). The Kier molecular flexibility index (Phi) is 4.37. The van der Waals surface area contributed by atoms with E-state index < -0.39 is 0 Å². The molecule has 4 nitrogen and oxygen atoms in total. The number of rotatable bonds is 2. The number of ether oxygens (including phenoxy) is 1. The smallest absolute Gasteiger partial charge is 0.308 e. The van der Waals surface area contributed by atoms with Crippen LogP contribution in [0.5, 0.6) is 0 Å². The van der Waals surface area contributed by atoms with Gasteiger partial charge in [0.1, 0.15) is 5.82 Å². The van der Waals surface area contributed by atoms with Crippen LogP contribution in [0.3, 0.4) is 0 Å². The van der Waals surface area contributed by atoms with E-state index in [0.29, 0.717) is 37.1 Å². The van der Waals surface area contributed by atoms with E-state index in [1.807, 2.05) is 0 Å². The van der Waals surface area contributed by atoms with Crippen molar-refractivity contribution in [2.75, 3.05) is 20.2 Å². The number of methoxy groups -OCH3 is 1. The zero-order valence-electron chi connectivity index (χ0n) is 11.7. The summed E-state index contributed by atoms with van der Waals surface area (Å²) in [6.45, 7) is 2.77. The summed E-state index contributed by atoms with van der Waals surface area (Å²) < 4.78 is 17.8. The summed E-state index contributed by atoms with van der Waals surface area (Å²) in [5.41, 5.74) is 1.15. The van der Waals surface area contributed by atoms with Crippen LogP contribution < -0.4 is 0 Å². The SMILES string of the molecule is COC(=O)C1CCN(C(=O)c2ccc(F)cc2C)CC1. The molecule has 1 fully saturated rings. The van der Waals surface area contributed by atoms with Crippen molar-refractivity contribution in [2.45, 2.75) is 19.8 Å². The van der Waals surface area contributed by atoms with Crippen LogP contribution in [0.2, 0.25) is 0 Å². The number of likely N-dealkylation sites (tertiary alicyclic amines) is 1. The van der Waals surface area contributed by atoms with Crippen LogP contribution in [0.1, 0.15) is 28.8 Å². The van der Waals surface area contributed by atoms with Gasteiger partial charge < -0.3 is 9.64 Å². The maximum atomic E-state index is 13.1. The van der Waals surface area contributed by atoms with Crippen molar-refractivity contribution in [1.29, 1.82) is 0 Å². The van der Waals surface area contributed by atoms with E-state index in [-0.39, 0.29) is 23.6 Å². The lowest BCUT2D eigenvalue weighted by Crippen LogP contribution is -2.40. The van der Waals surface area contributed by atoms with Gasteiger partial charge in [0.15, 0.2) is 0 Å². The first-order valence-electron chi connectivity index (χ1n) is 6.66. The van der Waals surface area contributed by atoms with Crippen molar-refractivity contribution in [2.24, 2.45) is 5.92 Å². The number of nitrogens with zero attached hydrogens (tertiary/aromatic N) is 1. The van der Waals surface area contributed by atoms with Crippen LogP contribution in [0.15, 0.2) is 18.2 Å². The molecule has 1 amide bonds. The Morgan fingerprint density at radius 3 is 2.50 bits per heavy atom. The third-order valence-corrected chi connectivity index (χ3v) is 3.74. The number of amides is 1. The first-order chi connectivity index (χ1) is 9.52. The Hall–Kier alpha value is -1.91. The van der Waals surface area contributed by atoms with E-state index in [2.05, 4.69) is 0 Å². The van der Waals surface area contributed by atoms with E-state index in [9.17, 15) is 14.0 Å².